The van der Waals surface area contributed by atoms with Gasteiger partial charge in [-0.15, -0.1) is 5.10 Å². The first-order valence-corrected chi connectivity index (χ1v) is 8.78. The highest BCUT2D eigenvalue weighted by molar-refractivity contribution is 5.90. The average molecular weight is 375 g/mol. The third-order valence-electron chi connectivity index (χ3n) is 4.43. The largest absolute Gasteiger partial charge is 0.469 e. The predicted molar refractivity (Wildman–Crippen MR) is 95.1 cm³/mol. The number of likely N-dealkylation sites (tertiary alicyclic amines) is 1. The van der Waals surface area contributed by atoms with Gasteiger partial charge in [-0.2, -0.15) is 0 Å². The van der Waals surface area contributed by atoms with E-state index in [4.69, 9.17) is 4.74 Å². The maximum atomic E-state index is 13.2. The van der Waals surface area contributed by atoms with Gasteiger partial charge in [0.1, 0.15) is 12.4 Å². The van der Waals surface area contributed by atoms with Gasteiger partial charge < -0.3 is 10.1 Å². The topological polar surface area (TPSA) is 89.4 Å². The van der Waals surface area contributed by atoms with Gasteiger partial charge >= 0.3 is 5.97 Å². The Balaban J connectivity index is 1.52. The van der Waals surface area contributed by atoms with Crippen LogP contribution in [0.3, 0.4) is 0 Å². The van der Waals surface area contributed by atoms with Crippen LogP contribution in [0.25, 0.3) is 0 Å². The molecule has 1 N–H and O–H groups in total. The predicted octanol–water partition coefficient (Wildman–Crippen LogP) is 1.44. The highest BCUT2D eigenvalue weighted by Crippen LogP contribution is 2.19. The fourth-order valence-electron chi connectivity index (χ4n) is 3.19. The number of ether oxygens (including phenoxy) is 1. The van der Waals surface area contributed by atoms with Gasteiger partial charge in [0.05, 0.1) is 24.9 Å². The lowest BCUT2D eigenvalue weighted by molar-refractivity contribution is -0.147. The number of aromatic nitrogens is 3. The summed E-state index contributed by atoms with van der Waals surface area (Å²) in [4.78, 5) is 25.9. The molecule has 0 radical (unpaired) electrons. The van der Waals surface area contributed by atoms with Crippen LogP contribution in [0, 0.1) is 11.7 Å². The molecule has 8 nitrogen and oxygen atoms in total. The van der Waals surface area contributed by atoms with Crippen LogP contribution in [0.4, 0.5) is 10.1 Å². The number of anilines is 1. The van der Waals surface area contributed by atoms with Crippen LogP contribution in [0.2, 0.25) is 0 Å². The van der Waals surface area contributed by atoms with Crippen LogP contribution in [-0.4, -0.2) is 52.0 Å². The molecule has 3 rings (SSSR count). The van der Waals surface area contributed by atoms with Gasteiger partial charge in [-0.25, -0.2) is 9.07 Å². The third-order valence-corrected chi connectivity index (χ3v) is 4.43. The molecular weight excluding hydrogens is 353 g/mol. The molecule has 0 aliphatic carbocycles. The van der Waals surface area contributed by atoms with E-state index in [1.54, 1.807) is 12.3 Å². The Morgan fingerprint density at radius 3 is 3.04 bits per heavy atom. The Labute approximate surface area is 156 Å². The van der Waals surface area contributed by atoms with Crippen LogP contribution in [-0.2, 0) is 27.4 Å². The van der Waals surface area contributed by atoms with Crippen molar-refractivity contribution in [1.29, 1.82) is 0 Å². The Morgan fingerprint density at radius 2 is 2.26 bits per heavy atom. The lowest BCUT2D eigenvalue weighted by Crippen LogP contribution is -2.38. The number of amides is 1. The fourth-order valence-corrected chi connectivity index (χ4v) is 3.19. The second-order valence-electron chi connectivity index (χ2n) is 6.56. The molecular formula is C18H22FN5O3. The number of rotatable bonds is 6. The molecule has 0 bridgehead atoms. The summed E-state index contributed by atoms with van der Waals surface area (Å²) in [5.41, 5.74) is 1.11. The fraction of sp³-hybridized carbons (Fsp3) is 0.444. The first-order chi connectivity index (χ1) is 13.0. The van der Waals surface area contributed by atoms with E-state index in [0.717, 1.165) is 25.1 Å². The minimum atomic E-state index is -0.414. The van der Waals surface area contributed by atoms with Gasteiger partial charge in [0, 0.05) is 18.8 Å². The second kappa shape index (κ2) is 8.72. The third kappa shape index (κ3) is 5.33. The zero-order chi connectivity index (χ0) is 19.2. The lowest BCUT2D eigenvalue weighted by Gasteiger charge is -2.30. The number of carbonyl (C=O) groups is 2. The number of piperidine rings is 1. The van der Waals surface area contributed by atoms with Gasteiger partial charge in [0.15, 0.2) is 0 Å². The normalized spacial score (nSPS) is 17.5. The standard InChI is InChI=1S/C18H22FN5O3/c1-27-18(26)13-4-3-7-23(9-13)10-16-11-24(22-21-16)12-17(25)20-15-6-2-5-14(19)8-15/h2,5-6,8,11,13H,3-4,7,9-10,12H2,1H3,(H,20,25). The number of carbonyl (C=O) groups excluding carboxylic acids is 2. The second-order valence-corrected chi connectivity index (χ2v) is 6.56. The van der Waals surface area contributed by atoms with Gasteiger partial charge in [0.2, 0.25) is 5.91 Å². The van der Waals surface area contributed by atoms with Crippen LogP contribution < -0.4 is 5.32 Å². The van der Waals surface area contributed by atoms with Crippen molar-refractivity contribution < 1.29 is 18.7 Å². The van der Waals surface area contributed by atoms with Crippen molar-refractivity contribution in [2.24, 2.45) is 5.92 Å². The monoisotopic (exact) mass is 375 g/mol. The highest BCUT2D eigenvalue weighted by Gasteiger charge is 2.26. The number of halogens is 1. The number of hydrogen-bond donors (Lipinski definition) is 1. The Morgan fingerprint density at radius 1 is 1.41 bits per heavy atom. The van der Waals surface area contributed by atoms with Crippen molar-refractivity contribution in [2.45, 2.75) is 25.9 Å². The van der Waals surface area contributed by atoms with E-state index < -0.39 is 5.82 Å². The van der Waals surface area contributed by atoms with E-state index in [9.17, 15) is 14.0 Å². The van der Waals surface area contributed by atoms with Gasteiger partial charge in [-0.05, 0) is 37.6 Å². The molecule has 0 saturated carbocycles. The minimum Gasteiger partial charge on any atom is -0.469 e. The number of esters is 1. The van der Waals surface area contributed by atoms with Crippen LogP contribution in [0.5, 0.6) is 0 Å². The van der Waals surface area contributed by atoms with Crippen LogP contribution >= 0.6 is 0 Å². The Bertz CT molecular complexity index is 810. The summed E-state index contributed by atoms with van der Waals surface area (Å²) >= 11 is 0. The van der Waals surface area contributed by atoms with Crippen molar-refractivity contribution in [3.05, 3.63) is 42.0 Å². The molecule has 1 aliphatic rings. The lowest BCUT2D eigenvalue weighted by atomic mass is 9.98. The summed E-state index contributed by atoms with van der Waals surface area (Å²) in [6.45, 7) is 2.04. The molecule has 1 aromatic carbocycles. The van der Waals surface area contributed by atoms with Crippen molar-refractivity contribution in [2.75, 3.05) is 25.5 Å². The van der Waals surface area contributed by atoms with E-state index in [0.29, 0.717) is 18.8 Å². The number of nitrogens with zero attached hydrogens (tertiary/aromatic N) is 4. The van der Waals surface area contributed by atoms with E-state index in [-0.39, 0.29) is 24.3 Å². The van der Waals surface area contributed by atoms with Crippen LogP contribution in [0.15, 0.2) is 30.5 Å². The summed E-state index contributed by atoms with van der Waals surface area (Å²) in [5.74, 6) is -1.03. The first-order valence-electron chi connectivity index (χ1n) is 8.78. The van der Waals surface area contributed by atoms with Gasteiger partial charge in [0.25, 0.3) is 0 Å². The molecule has 2 heterocycles. The van der Waals surface area contributed by atoms with Gasteiger partial charge in [-0.1, -0.05) is 11.3 Å². The quantitative estimate of drug-likeness (QED) is 0.769. The summed E-state index contributed by atoms with van der Waals surface area (Å²) in [5, 5.41) is 10.7. The van der Waals surface area contributed by atoms with Crippen molar-refractivity contribution in [1.82, 2.24) is 19.9 Å². The molecule has 144 valence electrons. The molecule has 1 aliphatic heterocycles. The SMILES string of the molecule is COC(=O)C1CCCN(Cc2cn(CC(=O)Nc3cccc(F)c3)nn2)C1. The number of hydrogen-bond acceptors (Lipinski definition) is 6. The molecule has 2 aromatic rings. The average Bonchev–Trinajstić information content (AvgIpc) is 3.07. The maximum absolute atomic E-state index is 13.2. The zero-order valence-corrected chi connectivity index (χ0v) is 15.1. The molecule has 1 fully saturated rings. The summed E-state index contributed by atoms with van der Waals surface area (Å²) in [7, 11) is 1.40. The van der Waals surface area contributed by atoms with Crippen molar-refractivity contribution >= 4 is 17.6 Å². The molecule has 1 unspecified atom stereocenters. The molecule has 1 aromatic heterocycles. The summed E-state index contributed by atoms with van der Waals surface area (Å²) in [6.07, 6.45) is 3.45. The molecule has 0 spiro atoms. The molecule has 1 atom stereocenters. The molecule has 27 heavy (non-hydrogen) atoms. The van der Waals surface area contributed by atoms with Gasteiger partial charge in [-0.3, -0.25) is 14.5 Å². The highest BCUT2D eigenvalue weighted by atomic mass is 19.1. The van der Waals surface area contributed by atoms with E-state index in [1.807, 2.05) is 0 Å². The smallest absolute Gasteiger partial charge is 0.309 e. The van der Waals surface area contributed by atoms with E-state index in [1.165, 1.54) is 30.0 Å². The molecule has 1 saturated heterocycles. The molecule has 9 heteroatoms. The summed E-state index contributed by atoms with van der Waals surface area (Å²) < 4.78 is 19.4. The Kier molecular flexibility index (Phi) is 6.12. The van der Waals surface area contributed by atoms with Crippen molar-refractivity contribution in [3.8, 4) is 0 Å². The van der Waals surface area contributed by atoms with E-state index in [2.05, 4.69) is 20.5 Å². The Hall–Kier alpha value is -2.81. The number of nitrogens with one attached hydrogen (secondary N) is 1. The van der Waals surface area contributed by atoms with E-state index >= 15 is 0 Å². The van der Waals surface area contributed by atoms with Crippen molar-refractivity contribution in [3.63, 3.8) is 0 Å². The number of benzene rings is 1. The zero-order valence-electron chi connectivity index (χ0n) is 15.1. The first kappa shape index (κ1) is 19.0. The molecule has 1 amide bonds. The van der Waals surface area contributed by atoms with Crippen LogP contribution in [0.1, 0.15) is 18.5 Å². The maximum Gasteiger partial charge on any atom is 0.309 e. The number of methoxy groups -OCH3 is 1. The minimum absolute atomic E-state index is 0.0195. The summed E-state index contributed by atoms with van der Waals surface area (Å²) in [6, 6.07) is 5.70.